The Balaban J connectivity index is 1.86. The highest BCUT2D eigenvalue weighted by Gasteiger charge is 2.16. The summed E-state index contributed by atoms with van der Waals surface area (Å²) in [7, 11) is -3.70. The number of nitrogens with zero attached hydrogens (tertiary/aromatic N) is 1. The Hall–Kier alpha value is -2.55. The Bertz CT molecular complexity index is 1130. The number of benzene rings is 2. The Labute approximate surface area is 162 Å². The zero-order valence-electron chi connectivity index (χ0n) is 14.9. The van der Waals surface area contributed by atoms with Crippen molar-refractivity contribution in [3.05, 3.63) is 65.7 Å². The molecule has 0 fully saturated rings. The zero-order valence-corrected chi connectivity index (χ0v) is 16.6. The van der Waals surface area contributed by atoms with E-state index in [2.05, 4.69) is 21.6 Å². The average molecular weight is 402 g/mol. The van der Waals surface area contributed by atoms with Crippen LogP contribution in [0.25, 0.3) is 10.2 Å². The molecule has 0 saturated carbocycles. The molecule has 2 aromatic carbocycles. The molecule has 0 aliphatic rings. The maximum absolute atomic E-state index is 12.6. The molecular formula is C19H19N3O3S2. The van der Waals surface area contributed by atoms with Crippen LogP contribution in [0.3, 0.4) is 0 Å². The van der Waals surface area contributed by atoms with Crippen molar-refractivity contribution in [2.24, 2.45) is 0 Å². The van der Waals surface area contributed by atoms with Crippen molar-refractivity contribution in [1.29, 1.82) is 0 Å². The molecule has 1 heterocycles. The van der Waals surface area contributed by atoms with Crippen molar-refractivity contribution in [3.63, 3.8) is 0 Å². The van der Waals surface area contributed by atoms with E-state index in [9.17, 15) is 13.2 Å². The van der Waals surface area contributed by atoms with E-state index in [0.29, 0.717) is 5.13 Å². The summed E-state index contributed by atoms with van der Waals surface area (Å²) < 4.78 is 27.8. The van der Waals surface area contributed by atoms with Gasteiger partial charge in [-0.25, -0.2) is 18.1 Å². The van der Waals surface area contributed by atoms with Crippen molar-refractivity contribution >= 4 is 42.6 Å². The Kier molecular flexibility index (Phi) is 5.41. The summed E-state index contributed by atoms with van der Waals surface area (Å²) in [5.74, 6) is -0.413. The number of carbonyl (C=O) groups is 1. The van der Waals surface area contributed by atoms with Gasteiger partial charge < -0.3 is 0 Å². The summed E-state index contributed by atoms with van der Waals surface area (Å²) in [6.45, 7) is 7.59. The molecule has 0 aliphatic heterocycles. The number of aromatic nitrogens is 1. The first-order valence-corrected chi connectivity index (χ1v) is 10.5. The normalized spacial score (nSPS) is 11.5. The highest BCUT2D eigenvalue weighted by atomic mass is 32.2. The van der Waals surface area contributed by atoms with E-state index in [0.717, 1.165) is 21.3 Å². The molecule has 0 saturated heterocycles. The standard InChI is InChI=1S/C19H19N3O3S2/c1-4-8-20-27(24,25)15-7-5-6-14(11-15)18(23)22-19-21-17-13(3)9-12(2)10-16(17)26-19/h4-7,9-11,20H,1,8H2,2-3H3,(H,21,22,23). The van der Waals surface area contributed by atoms with Crippen LogP contribution in [0.15, 0.2) is 53.9 Å². The highest BCUT2D eigenvalue weighted by molar-refractivity contribution is 7.89. The molecule has 140 valence electrons. The van der Waals surface area contributed by atoms with E-state index in [1.807, 2.05) is 26.0 Å². The molecule has 1 amide bonds. The van der Waals surface area contributed by atoms with Gasteiger partial charge in [-0.1, -0.05) is 29.5 Å². The van der Waals surface area contributed by atoms with Gasteiger partial charge in [0.05, 0.1) is 15.1 Å². The molecule has 2 N–H and O–H groups in total. The molecule has 27 heavy (non-hydrogen) atoms. The second-order valence-corrected chi connectivity index (χ2v) is 8.87. The average Bonchev–Trinajstić information content (AvgIpc) is 3.02. The van der Waals surface area contributed by atoms with Crippen LogP contribution in [0.4, 0.5) is 5.13 Å². The SMILES string of the molecule is C=CCNS(=O)(=O)c1cccc(C(=O)Nc2nc3c(C)cc(C)cc3s2)c1. The quantitative estimate of drug-likeness (QED) is 0.618. The van der Waals surface area contributed by atoms with Crippen molar-refractivity contribution in [1.82, 2.24) is 9.71 Å². The fourth-order valence-corrected chi connectivity index (χ4v) is 4.73. The molecule has 0 spiro atoms. The molecule has 3 aromatic rings. The van der Waals surface area contributed by atoms with Crippen molar-refractivity contribution in [2.75, 3.05) is 11.9 Å². The third-order valence-corrected chi connectivity index (χ3v) is 6.21. The number of rotatable bonds is 6. The summed E-state index contributed by atoms with van der Waals surface area (Å²) in [6, 6.07) is 9.93. The van der Waals surface area contributed by atoms with E-state index in [1.165, 1.54) is 35.6 Å². The molecule has 0 atom stereocenters. The van der Waals surface area contributed by atoms with Gasteiger partial charge in [-0.3, -0.25) is 10.1 Å². The Morgan fingerprint density at radius 3 is 2.78 bits per heavy atom. The molecule has 6 nitrogen and oxygen atoms in total. The minimum Gasteiger partial charge on any atom is -0.298 e. The Morgan fingerprint density at radius 1 is 1.26 bits per heavy atom. The summed E-state index contributed by atoms with van der Waals surface area (Å²) >= 11 is 1.38. The minimum atomic E-state index is -3.70. The van der Waals surface area contributed by atoms with Crippen molar-refractivity contribution < 1.29 is 13.2 Å². The first-order chi connectivity index (χ1) is 12.8. The molecule has 1 aromatic heterocycles. The smallest absolute Gasteiger partial charge is 0.257 e. The fraction of sp³-hybridized carbons (Fsp3) is 0.158. The number of amides is 1. The predicted octanol–water partition coefficient (Wildman–Crippen LogP) is 3.63. The molecule has 0 unspecified atom stereocenters. The van der Waals surface area contributed by atoms with Crippen LogP contribution >= 0.6 is 11.3 Å². The number of hydrogen-bond donors (Lipinski definition) is 2. The van der Waals surface area contributed by atoms with Gasteiger partial charge in [0, 0.05) is 12.1 Å². The summed E-state index contributed by atoms with van der Waals surface area (Å²) in [5.41, 5.74) is 3.27. The molecular weight excluding hydrogens is 382 g/mol. The lowest BCUT2D eigenvalue weighted by atomic mass is 10.1. The van der Waals surface area contributed by atoms with Crippen molar-refractivity contribution in [3.8, 4) is 0 Å². The molecule has 0 bridgehead atoms. The second kappa shape index (κ2) is 7.59. The maximum Gasteiger partial charge on any atom is 0.257 e. The van der Waals surface area contributed by atoms with Gasteiger partial charge in [0.2, 0.25) is 10.0 Å². The largest absolute Gasteiger partial charge is 0.298 e. The lowest BCUT2D eigenvalue weighted by molar-refractivity contribution is 0.102. The number of sulfonamides is 1. The number of aryl methyl sites for hydroxylation is 2. The maximum atomic E-state index is 12.6. The second-order valence-electron chi connectivity index (χ2n) is 6.07. The monoisotopic (exact) mass is 401 g/mol. The molecule has 0 aliphatic carbocycles. The van der Waals surface area contributed by atoms with E-state index < -0.39 is 15.9 Å². The number of thiazole rings is 1. The minimum absolute atomic E-state index is 0.0211. The van der Waals surface area contributed by atoms with Gasteiger partial charge in [0.15, 0.2) is 5.13 Å². The van der Waals surface area contributed by atoms with Gasteiger partial charge in [0.25, 0.3) is 5.91 Å². The zero-order chi connectivity index (χ0) is 19.6. The van der Waals surface area contributed by atoms with Crippen LogP contribution in [-0.2, 0) is 10.0 Å². The summed E-state index contributed by atoms with van der Waals surface area (Å²) in [4.78, 5) is 17.1. The van der Waals surface area contributed by atoms with E-state index in [-0.39, 0.29) is 17.0 Å². The molecule has 0 radical (unpaired) electrons. The van der Waals surface area contributed by atoms with Crippen LogP contribution in [-0.4, -0.2) is 25.9 Å². The van der Waals surface area contributed by atoms with E-state index in [4.69, 9.17) is 0 Å². The number of anilines is 1. The van der Waals surface area contributed by atoms with Gasteiger partial charge >= 0.3 is 0 Å². The molecule has 3 rings (SSSR count). The molecule has 8 heteroatoms. The number of hydrogen-bond acceptors (Lipinski definition) is 5. The third kappa shape index (κ3) is 4.24. The van der Waals surface area contributed by atoms with E-state index in [1.54, 1.807) is 6.07 Å². The lowest BCUT2D eigenvalue weighted by Crippen LogP contribution is -2.24. The Morgan fingerprint density at radius 2 is 2.04 bits per heavy atom. The van der Waals surface area contributed by atoms with Crippen LogP contribution in [0.1, 0.15) is 21.5 Å². The van der Waals surface area contributed by atoms with Crippen molar-refractivity contribution in [2.45, 2.75) is 18.7 Å². The van der Waals surface area contributed by atoms with Gasteiger partial charge in [-0.05, 0) is 49.2 Å². The first-order valence-electron chi connectivity index (χ1n) is 8.20. The highest BCUT2D eigenvalue weighted by Crippen LogP contribution is 2.29. The van der Waals surface area contributed by atoms with E-state index >= 15 is 0 Å². The van der Waals surface area contributed by atoms with Gasteiger partial charge in [-0.15, -0.1) is 6.58 Å². The number of carbonyl (C=O) groups excluding carboxylic acids is 1. The van der Waals surface area contributed by atoms with Crippen LogP contribution in [0.5, 0.6) is 0 Å². The lowest BCUT2D eigenvalue weighted by Gasteiger charge is -2.07. The van der Waals surface area contributed by atoms with Gasteiger partial charge in [0.1, 0.15) is 0 Å². The predicted molar refractivity (Wildman–Crippen MR) is 109 cm³/mol. The number of fused-ring (bicyclic) bond motifs is 1. The van der Waals surface area contributed by atoms with Gasteiger partial charge in [-0.2, -0.15) is 0 Å². The topological polar surface area (TPSA) is 88.2 Å². The van der Waals surface area contributed by atoms with Crippen LogP contribution in [0.2, 0.25) is 0 Å². The van der Waals surface area contributed by atoms with Crippen LogP contribution < -0.4 is 10.0 Å². The number of nitrogens with one attached hydrogen (secondary N) is 2. The van der Waals surface area contributed by atoms with Crippen LogP contribution in [0, 0.1) is 13.8 Å². The first kappa shape index (κ1) is 19.2. The summed E-state index contributed by atoms with van der Waals surface area (Å²) in [5, 5.41) is 3.23. The fourth-order valence-electron chi connectivity index (χ4n) is 2.65. The summed E-state index contributed by atoms with van der Waals surface area (Å²) in [6.07, 6.45) is 1.45. The third-order valence-electron chi connectivity index (χ3n) is 3.87.